The van der Waals surface area contributed by atoms with Crippen LogP contribution in [0.1, 0.15) is 11.1 Å². The van der Waals surface area contributed by atoms with E-state index in [4.69, 9.17) is 11.1 Å². The van der Waals surface area contributed by atoms with Crippen molar-refractivity contribution in [3.63, 3.8) is 0 Å². The molecule has 1 aliphatic carbocycles. The number of hydrogen-bond acceptors (Lipinski definition) is 4. The molecule has 3 N–H and O–H groups in total. The number of benzene rings is 2. The first kappa shape index (κ1) is 11.2. The van der Waals surface area contributed by atoms with Gasteiger partial charge >= 0.3 is 0 Å². The lowest BCUT2D eigenvalue weighted by atomic mass is 10.1. The molecule has 18 heavy (non-hydrogen) atoms. The van der Waals surface area contributed by atoms with E-state index in [1.165, 1.54) is 0 Å². The Morgan fingerprint density at radius 1 is 1.22 bits per heavy atom. The van der Waals surface area contributed by atoms with Crippen LogP contribution < -0.4 is 11.1 Å². The number of aromatic nitrogens is 1. The van der Waals surface area contributed by atoms with Gasteiger partial charge in [-0.25, -0.2) is 4.98 Å². The third-order valence-electron chi connectivity index (χ3n) is 3.19. The van der Waals surface area contributed by atoms with Crippen molar-refractivity contribution in [2.45, 2.75) is 13.8 Å². The summed E-state index contributed by atoms with van der Waals surface area (Å²) in [5.41, 5.74) is 10.7. The van der Waals surface area contributed by atoms with Crippen molar-refractivity contribution >= 4 is 27.2 Å². The number of nitrogen functional groups attached to an aromatic ring is 1. The highest BCUT2D eigenvalue weighted by atomic mass is 32.1. The van der Waals surface area contributed by atoms with E-state index in [0.29, 0.717) is 5.36 Å². The van der Waals surface area contributed by atoms with Gasteiger partial charge in [0.2, 0.25) is 0 Å². The molecule has 1 heterocycles. The van der Waals surface area contributed by atoms with Gasteiger partial charge in [0.25, 0.3) is 0 Å². The van der Waals surface area contributed by atoms with Crippen LogP contribution in [0.4, 0.5) is 5.69 Å². The molecule has 0 aromatic heterocycles. The van der Waals surface area contributed by atoms with Crippen molar-refractivity contribution in [1.82, 2.24) is 4.98 Å². The van der Waals surface area contributed by atoms with Crippen LogP contribution >= 0.6 is 11.3 Å². The molecule has 4 heteroatoms. The summed E-state index contributed by atoms with van der Waals surface area (Å²) in [5, 5.41) is 8.40. The number of rotatable bonds is 0. The number of nitrogens with two attached hydrogens (primary N) is 1. The Hall–Kier alpha value is -1.94. The molecule has 0 bridgehead atoms. The van der Waals surface area contributed by atoms with Crippen molar-refractivity contribution in [2.75, 3.05) is 5.73 Å². The zero-order chi connectivity index (χ0) is 12.9. The van der Waals surface area contributed by atoms with Gasteiger partial charge in [0.1, 0.15) is 0 Å². The minimum Gasteiger partial charge on any atom is -0.398 e. The Morgan fingerprint density at radius 3 is 2.78 bits per heavy atom. The Morgan fingerprint density at radius 2 is 2.00 bits per heavy atom. The van der Waals surface area contributed by atoms with Crippen LogP contribution in [-0.4, -0.2) is 4.98 Å². The quantitative estimate of drug-likeness (QED) is 0.479. The zero-order valence-electron chi connectivity index (χ0n) is 10.2. The predicted molar refractivity (Wildman–Crippen MR) is 76.0 cm³/mol. The van der Waals surface area contributed by atoms with Crippen molar-refractivity contribution in [3.8, 4) is 10.6 Å². The van der Waals surface area contributed by atoms with E-state index in [1.807, 2.05) is 32.0 Å². The number of fused-ring (bicyclic) bond motifs is 2. The lowest BCUT2D eigenvalue weighted by Gasteiger charge is -2.10. The molecule has 1 aromatic rings. The largest absolute Gasteiger partial charge is 0.398 e. The SMILES string of the molecule is Cc1cc2nc3ccc(=N)c(C)c-3sc2cc1N. The van der Waals surface area contributed by atoms with Crippen LogP contribution in [-0.2, 0) is 0 Å². The Bertz CT molecular complexity index is 789. The van der Waals surface area contributed by atoms with Gasteiger partial charge < -0.3 is 11.1 Å². The van der Waals surface area contributed by atoms with Crippen molar-refractivity contribution in [1.29, 1.82) is 5.41 Å². The maximum Gasteiger partial charge on any atom is 0.0814 e. The fourth-order valence-electron chi connectivity index (χ4n) is 1.99. The van der Waals surface area contributed by atoms with Gasteiger partial charge in [-0.05, 0) is 49.2 Å². The third-order valence-corrected chi connectivity index (χ3v) is 4.45. The van der Waals surface area contributed by atoms with Gasteiger partial charge in [-0.2, -0.15) is 0 Å². The number of nitrogens with zero attached hydrogens (tertiary/aromatic N) is 1. The minimum atomic E-state index is 0.556. The first-order chi connectivity index (χ1) is 8.56. The second-order valence-electron chi connectivity index (χ2n) is 4.48. The molecule has 0 saturated heterocycles. The molecule has 3 nitrogen and oxygen atoms in total. The van der Waals surface area contributed by atoms with Gasteiger partial charge in [0, 0.05) is 5.69 Å². The fraction of sp³-hybridized carbons (Fsp3) is 0.143. The number of hydrogen-bond donors (Lipinski definition) is 2. The lowest BCUT2D eigenvalue weighted by Crippen LogP contribution is -2.05. The van der Waals surface area contributed by atoms with Crippen LogP contribution in [0, 0.1) is 19.3 Å². The number of nitrogens with one attached hydrogen (secondary N) is 1. The van der Waals surface area contributed by atoms with Gasteiger partial charge in [-0.1, -0.05) is 0 Å². The molecule has 1 aromatic carbocycles. The van der Waals surface area contributed by atoms with Crippen LogP contribution in [0.2, 0.25) is 0 Å². The zero-order valence-corrected chi connectivity index (χ0v) is 11.1. The fourth-order valence-corrected chi connectivity index (χ4v) is 3.09. The predicted octanol–water partition coefficient (Wildman–Crippen LogP) is 3.08. The third kappa shape index (κ3) is 1.57. The summed E-state index contributed by atoms with van der Waals surface area (Å²) >= 11 is 1.65. The highest BCUT2D eigenvalue weighted by Gasteiger charge is 2.11. The molecule has 90 valence electrons. The van der Waals surface area contributed by atoms with Crippen LogP contribution in [0.15, 0.2) is 24.3 Å². The summed E-state index contributed by atoms with van der Waals surface area (Å²) in [4.78, 5) is 5.72. The smallest absolute Gasteiger partial charge is 0.0814 e. The molecule has 0 unspecified atom stereocenters. The van der Waals surface area contributed by atoms with Crippen molar-refractivity contribution in [2.24, 2.45) is 0 Å². The highest BCUT2D eigenvalue weighted by molar-refractivity contribution is 7.21. The van der Waals surface area contributed by atoms with E-state index >= 15 is 0 Å². The van der Waals surface area contributed by atoms with E-state index in [9.17, 15) is 0 Å². The van der Waals surface area contributed by atoms with E-state index in [0.717, 1.165) is 37.6 Å². The molecule has 3 rings (SSSR count). The van der Waals surface area contributed by atoms with Crippen molar-refractivity contribution < 1.29 is 0 Å². The maximum absolute atomic E-state index is 7.84. The molecular weight excluding hydrogens is 242 g/mol. The molecule has 0 spiro atoms. The summed E-state index contributed by atoms with van der Waals surface area (Å²) in [6, 6.07) is 7.70. The molecule has 1 aliphatic heterocycles. The second kappa shape index (κ2) is 3.78. The normalized spacial score (nSPS) is 11.2. The Labute approximate surface area is 109 Å². The van der Waals surface area contributed by atoms with E-state index in [1.54, 1.807) is 17.4 Å². The lowest BCUT2D eigenvalue weighted by molar-refractivity contribution is 1.21. The van der Waals surface area contributed by atoms with Crippen LogP contribution in [0.5, 0.6) is 0 Å². The Balaban J connectivity index is 2.49. The van der Waals surface area contributed by atoms with E-state index < -0.39 is 0 Å². The van der Waals surface area contributed by atoms with E-state index in [-0.39, 0.29) is 0 Å². The summed E-state index contributed by atoms with van der Waals surface area (Å²) in [6.45, 7) is 3.95. The molecule has 2 aliphatic rings. The van der Waals surface area contributed by atoms with Crippen LogP contribution in [0.3, 0.4) is 0 Å². The standard InChI is InChI=1S/C14H13N3S/c1-7-5-12-13(6-10(7)16)18-14-8(2)9(15)3-4-11(14)17-12/h3-6,15H,16H2,1-2H3. The first-order valence-electron chi connectivity index (χ1n) is 5.71. The van der Waals surface area contributed by atoms with Gasteiger partial charge in [-0.15, -0.1) is 11.3 Å². The maximum atomic E-state index is 7.84. The molecular formula is C14H13N3S. The molecule has 0 saturated carbocycles. The summed E-state index contributed by atoms with van der Waals surface area (Å²) < 4.78 is 1.07. The van der Waals surface area contributed by atoms with Crippen LogP contribution in [0.25, 0.3) is 20.8 Å². The van der Waals surface area contributed by atoms with Crippen molar-refractivity contribution in [3.05, 3.63) is 40.7 Å². The number of aryl methyl sites for hydroxylation is 1. The average molecular weight is 255 g/mol. The Kier molecular flexibility index (Phi) is 2.35. The topological polar surface area (TPSA) is 62.8 Å². The second-order valence-corrected chi connectivity index (χ2v) is 5.53. The van der Waals surface area contributed by atoms with Gasteiger partial charge in [-0.3, -0.25) is 0 Å². The average Bonchev–Trinajstić information content (AvgIpc) is 2.34. The monoisotopic (exact) mass is 255 g/mol. The summed E-state index contributed by atoms with van der Waals surface area (Å²) in [5.74, 6) is 0. The summed E-state index contributed by atoms with van der Waals surface area (Å²) in [6.07, 6.45) is 0. The van der Waals surface area contributed by atoms with Gasteiger partial charge in [0.15, 0.2) is 0 Å². The minimum absolute atomic E-state index is 0.556. The first-order valence-corrected chi connectivity index (χ1v) is 6.53. The van der Waals surface area contributed by atoms with Gasteiger partial charge in [0.05, 0.1) is 26.1 Å². The molecule has 0 amide bonds. The number of anilines is 1. The molecule has 0 radical (unpaired) electrons. The molecule has 0 atom stereocenters. The summed E-state index contributed by atoms with van der Waals surface area (Å²) in [7, 11) is 0. The highest BCUT2D eigenvalue weighted by Crippen LogP contribution is 2.33. The van der Waals surface area contributed by atoms with E-state index in [2.05, 4.69) is 4.98 Å². The molecule has 0 fully saturated rings.